The first-order valence-electron chi connectivity index (χ1n) is 8.79. The van der Waals surface area contributed by atoms with Crippen LogP contribution in [-0.4, -0.2) is 17.4 Å². The number of amides is 1. The highest BCUT2D eigenvalue weighted by atomic mass is 16.1. The number of aryl methyl sites for hydroxylation is 1. The number of aromatic nitrogens is 1. The largest absolute Gasteiger partial charge is 0.341 e. The summed E-state index contributed by atoms with van der Waals surface area (Å²) < 4.78 is 0. The molecule has 0 radical (unpaired) electrons. The molecule has 0 aliphatic rings. The molecule has 132 valence electrons. The Hall–Kier alpha value is -3.14. The first kappa shape index (κ1) is 17.7. The van der Waals surface area contributed by atoms with Gasteiger partial charge in [-0.25, -0.2) is 4.98 Å². The Balaban J connectivity index is 1.65. The number of benzene rings is 2. The number of hydrogen-bond acceptors (Lipinski definition) is 3. The number of anilines is 3. The second-order valence-corrected chi connectivity index (χ2v) is 6.19. The quantitative estimate of drug-likeness (QED) is 0.702. The molecule has 0 atom stereocenters. The molecule has 0 spiro atoms. The molecular formula is C22H23N3O. The monoisotopic (exact) mass is 345 g/mol. The molecule has 3 rings (SSSR count). The van der Waals surface area contributed by atoms with Crippen molar-refractivity contribution in [3.63, 3.8) is 0 Å². The van der Waals surface area contributed by atoms with Crippen LogP contribution in [0.5, 0.6) is 0 Å². The van der Waals surface area contributed by atoms with Crippen molar-refractivity contribution in [1.82, 2.24) is 4.98 Å². The molecule has 0 saturated carbocycles. The molecule has 1 amide bonds. The number of carbonyl (C=O) groups excluding carboxylic acids is 1. The van der Waals surface area contributed by atoms with Crippen LogP contribution in [0.3, 0.4) is 0 Å². The van der Waals surface area contributed by atoms with Gasteiger partial charge in [0.1, 0.15) is 5.82 Å². The smallest absolute Gasteiger partial charge is 0.229 e. The number of carbonyl (C=O) groups is 1. The fourth-order valence-corrected chi connectivity index (χ4v) is 2.82. The minimum absolute atomic E-state index is 0.0653. The lowest BCUT2D eigenvalue weighted by molar-refractivity contribution is -0.115. The van der Waals surface area contributed by atoms with Crippen molar-refractivity contribution in [3.05, 3.63) is 84.1 Å². The second-order valence-electron chi connectivity index (χ2n) is 6.19. The fraction of sp³-hybridized carbons (Fsp3) is 0.182. The van der Waals surface area contributed by atoms with E-state index >= 15 is 0 Å². The van der Waals surface area contributed by atoms with E-state index < -0.39 is 0 Å². The molecule has 0 aliphatic carbocycles. The molecule has 4 nitrogen and oxygen atoms in total. The van der Waals surface area contributed by atoms with Crippen LogP contribution >= 0.6 is 0 Å². The zero-order chi connectivity index (χ0) is 18.4. The van der Waals surface area contributed by atoms with Crippen molar-refractivity contribution in [3.8, 4) is 0 Å². The Labute approximate surface area is 154 Å². The molecule has 26 heavy (non-hydrogen) atoms. The lowest BCUT2D eigenvalue weighted by Gasteiger charge is -2.23. The van der Waals surface area contributed by atoms with Crippen LogP contribution in [0, 0.1) is 6.92 Å². The van der Waals surface area contributed by atoms with E-state index in [1.54, 1.807) is 6.20 Å². The van der Waals surface area contributed by atoms with Crippen molar-refractivity contribution < 1.29 is 4.79 Å². The Kier molecular flexibility index (Phi) is 5.64. The van der Waals surface area contributed by atoms with Crippen LogP contribution < -0.4 is 10.2 Å². The molecular weight excluding hydrogens is 322 g/mol. The highest BCUT2D eigenvalue weighted by Gasteiger charge is 2.09. The van der Waals surface area contributed by atoms with Gasteiger partial charge >= 0.3 is 0 Å². The van der Waals surface area contributed by atoms with Crippen molar-refractivity contribution in [2.75, 3.05) is 16.8 Å². The first-order valence-corrected chi connectivity index (χ1v) is 8.79. The second kappa shape index (κ2) is 8.30. The molecule has 3 aromatic rings. The average Bonchev–Trinajstić information content (AvgIpc) is 2.66. The Bertz CT molecular complexity index is 843. The van der Waals surface area contributed by atoms with Gasteiger partial charge in [-0.15, -0.1) is 0 Å². The van der Waals surface area contributed by atoms with Crippen molar-refractivity contribution in [2.24, 2.45) is 0 Å². The zero-order valence-corrected chi connectivity index (χ0v) is 15.1. The summed E-state index contributed by atoms with van der Waals surface area (Å²) in [6.07, 6.45) is 2.13. The summed E-state index contributed by atoms with van der Waals surface area (Å²) in [5.74, 6) is 0.500. The maximum atomic E-state index is 12.2. The molecule has 1 N–H and O–H groups in total. The van der Waals surface area contributed by atoms with E-state index in [2.05, 4.69) is 34.3 Å². The molecule has 0 fully saturated rings. The van der Waals surface area contributed by atoms with Gasteiger partial charge in [-0.05, 0) is 43.7 Å². The van der Waals surface area contributed by atoms with Crippen molar-refractivity contribution in [2.45, 2.75) is 20.3 Å². The van der Waals surface area contributed by atoms with E-state index in [0.717, 1.165) is 23.5 Å². The van der Waals surface area contributed by atoms with Crippen LogP contribution in [0.4, 0.5) is 17.2 Å². The van der Waals surface area contributed by atoms with Gasteiger partial charge in [0, 0.05) is 12.2 Å². The minimum Gasteiger partial charge on any atom is -0.341 e. The first-order chi connectivity index (χ1) is 12.7. The summed E-state index contributed by atoms with van der Waals surface area (Å²) in [5, 5.41) is 2.86. The van der Waals surface area contributed by atoms with Crippen LogP contribution in [0.25, 0.3) is 0 Å². The number of rotatable bonds is 6. The number of nitrogens with one attached hydrogen (secondary N) is 1. The number of hydrogen-bond donors (Lipinski definition) is 1. The number of pyridine rings is 1. The highest BCUT2D eigenvalue weighted by molar-refractivity contribution is 5.91. The lowest BCUT2D eigenvalue weighted by atomic mass is 10.1. The molecule has 4 heteroatoms. The number of nitrogens with zero attached hydrogens (tertiary/aromatic N) is 2. The van der Waals surface area contributed by atoms with E-state index in [4.69, 9.17) is 0 Å². The van der Waals surface area contributed by atoms with Crippen LogP contribution in [0.2, 0.25) is 0 Å². The van der Waals surface area contributed by atoms with Gasteiger partial charge in [0.2, 0.25) is 5.91 Å². The molecule has 0 aliphatic heterocycles. The van der Waals surface area contributed by atoms with Gasteiger partial charge in [-0.3, -0.25) is 4.79 Å². The zero-order valence-electron chi connectivity index (χ0n) is 15.1. The Morgan fingerprint density at radius 1 is 0.962 bits per heavy atom. The standard InChI is InChI=1S/C22H23N3O/c1-3-25(19-7-5-4-6-8-19)20-13-14-21(23-16-20)24-22(26)15-18-11-9-17(2)10-12-18/h4-14,16H,3,15H2,1-2H3,(H,23,24,26). The lowest BCUT2D eigenvalue weighted by Crippen LogP contribution is -2.17. The van der Waals surface area contributed by atoms with Crippen LogP contribution in [0.15, 0.2) is 72.9 Å². The Morgan fingerprint density at radius 3 is 2.31 bits per heavy atom. The summed E-state index contributed by atoms with van der Waals surface area (Å²) in [6.45, 7) is 4.97. The van der Waals surface area contributed by atoms with Gasteiger partial charge in [0.25, 0.3) is 0 Å². The Morgan fingerprint density at radius 2 is 1.69 bits per heavy atom. The predicted molar refractivity (Wildman–Crippen MR) is 107 cm³/mol. The maximum absolute atomic E-state index is 12.2. The van der Waals surface area contributed by atoms with Gasteiger partial charge in [-0.1, -0.05) is 48.0 Å². The summed E-state index contributed by atoms with van der Waals surface area (Å²) in [5.41, 5.74) is 4.29. The summed E-state index contributed by atoms with van der Waals surface area (Å²) in [4.78, 5) is 18.8. The molecule has 0 saturated heterocycles. The third kappa shape index (κ3) is 4.48. The SMILES string of the molecule is CCN(c1ccccc1)c1ccc(NC(=O)Cc2ccc(C)cc2)nc1. The van der Waals surface area contributed by atoms with E-state index in [-0.39, 0.29) is 5.91 Å². The topological polar surface area (TPSA) is 45.2 Å². The molecule has 1 aromatic heterocycles. The highest BCUT2D eigenvalue weighted by Crippen LogP contribution is 2.24. The fourth-order valence-electron chi connectivity index (χ4n) is 2.82. The van der Waals surface area contributed by atoms with E-state index in [1.165, 1.54) is 5.56 Å². The van der Waals surface area contributed by atoms with Gasteiger partial charge < -0.3 is 10.2 Å². The van der Waals surface area contributed by atoms with Gasteiger partial charge in [0.15, 0.2) is 0 Å². The van der Waals surface area contributed by atoms with Crippen molar-refractivity contribution >= 4 is 23.1 Å². The third-order valence-corrected chi connectivity index (χ3v) is 4.20. The normalized spacial score (nSPS) is 10.4. The van der Waals surface area contributed by atoms with Gasteiger partial charge in [-0.2, -0.15) is 0 Å². The van der Waals surface area contributed by atoms with E-state index in [0.29, 0.717) is 12.2 Å². The van der Waals surface area contributed by atoms with E-state index in [9.17, 15) is 4.79 Å². The third-order valence-electron chi connectivity index (χ3n) is 4.20. The van der Waals surface area contributed by atoms with Crippen molar-refractivity contribution in [1.29, 1.82) is 0 Å². The summed E-state index contributed by atoms with van der Waals surface area (Å²) in [6, 6.07) is 22.0. The van der Waals surface area contributed by atoms with Crippen LogP contribution in [-0.2, 0) is 11.2 Å². The average molecular weight is 345 g/mol. The van der Waals surface area contributed by atoms with Gasteiger partial charge in [0.05, 0.1) is 18.3 Å². The summed E-state index contributed by atoms with van der Waals surface area (Å²) >= 11 is 0. The number of para-hydroxylation sites is 1. The van der Waals surface area contributed by atoms with E-state index in [1.807, 2.05) is 61.5 Å². The maximum Gasteiger partial charge on any atom is 0.229 e. The minimum atomic E-state index is -0.0653. The molecule has 2 aromatic carbocycles. The molecule has 0 bridgehead atoms. The molecule has 1 heterocycles. The molecule has 0 unspecified atom stereocenters. The van der Waals surface area contributed by atoms with Crippen LogP contribution in [0.1, 0.15) is 18.1 Å². The predicted octanol–water partition coefficient (Wildman–Crippen LogP) is 4.73. The summed E-state index contributed by atoms with van der Waals surface area (Å²) in [7, 11) is 0.